The van der Waals surface area contributed by atoms with Gasteiger partial charge in [0.05, 0.1) is 16.6 Å². The number of benzene rings is 4. The van der Waals surface area contributed by atoms with Crippen LogP contribution in [0, 0.1) is 5.82 Å². The minimum atomic E-state index is -4.01. The number of likely N-dealkylation sites (N-methyl/N-ethyl adjacent to an activating group) is 1. The largest absolute Gasteiger partial charge is 0.478 e. The highest BCUT2D eigenvalue weighted by atomic mass is 32.2. The van der Waals surface area contributed by atoms with Gasteiger partial charge in [-0.05, 0) is 84.0 Å². The average molecular weight is 593 g/mol. The molecule has 0 aliphatic rings. The summed E-state index contributed by atoms with van der Waals surface area (Å²) in [4.78, 5) is 11.7. The first-order valence-electron chi connectivity index (χ1n) is 13.8. The number of nitrogens with zero attached hydrogens (tertiary/aromatic N) is 1. The highest BCUT2D eigenvalue weighted by Gasteiger charge is 2.26. The number of carbonyl (C=O) groups is 1. The Bertz CT molecular complexity index is 1700. The standard InChI is InChI=1S/C33H37FN2O5S/c1-5-29-30(17-26(34)18-31(29)32(38)39)25-11-8-12-28(16-25)42(40,41)36(4)21-27(37)20-35-33(2,3)19-22-13-14-23-9-6-7-10-24(23)15-22/h6-18,27,35,37H,5,19-21H2,1-4H3,(H,38,39). The fourth-order valence-electron chi connectivity index (χ4n) is 5.25. The van der Waals surface area contributed by atoms with E-state index >= 15 is 0 Å². The van der Waals surface area contributed by atoms with Crippen molar-refractivity contribution < 1.29 is 27.8 Å². The van der Waals surface area contributed by atoms with Crippen LogP contribution in [0.3, 0.4) is 0 Å². The lowest BCUT2D eigenvalue weighted by Crippen LogP contribution is -2.47. The van der Waals surface area contributed by atoms with Gasteiger partial charge in [0, 0.05) is 25.7 Å². The van der Waals surface area contributed by atoms with Crippen molar-refractivity contribution in [1.82, 2.24) is 9.62 Å². The smallest absolute Gasteiger partial charge is 0.336 e. The fourth-order valence-corrected chi connectivity index (χ4v) is 6.50. The number of halogens is 1. The monoisotopic (exact) mass is 592 g/mol. The van der Waals surface area contributed by atoms with Crippen molar-refractivity contribution in [2.24, 2.45) is 0 Å². The number of rotatable bonds is 12. The summed E-state index contributed by atoms with van der Waals surface area (Å²) in [5.41, 5.74) is 1.77. The molecule has 9 heteroatoms. The predicted molar refractivity (Wildman–Crippen MR) is 164 cm³/mol. The van der Waals surface area contributed by atoms with Crippen molar-refractivity contribution >= 4 is 26.8 Å². The molecule has 0 aliphatic carbocycles. The van der Waals surface area contributed by atoms with Crippen LogP contribution in [0.1, 0.15) is 42.3 Å². The second-order valence-electron chi connectivity index (χ2n) is 11.2. The maximum atomic E-state index is 14.3. The van der Waals surface area contributed by atoms with Crippen molar-refractivity contribution in [2.75, 3.05) is 20.1 Å². The van der Waals surface area contributed by atoms with E-state index < -0.39 is 27.9 Å². The summed E-state index contributed by atoms with van der Waals surface area (Å²) in [6.45, 7) is 5.87. The topological polar surface area (TPSA) is 107 Å². The van der Waals surface area contributed by atoms with Crippen LogP contribution in [0.5, 0.6) is 0 Å². The quantitative estimate of drug-likeness (QED) is 0.201. The van der Waals surface area contributed by atoms with Crippen LogP contribution >= 0.6 is 0 Å². The Morgan fingerprint density at radius 1 is 1.00 bits per heavy atom. The molecule has 4 aromatic carbocycles. The van der Waals surface area contributed by atoms with Gasteiger partial charge in [-0.25, -0.2) is 17.6 Å². The molecule has 7 nitrogen and oxygen atoms in total. The summed E-state index contributed by atoms with van der Waals surface area (Å²) in [5.74, 6) is -1.97. The Morgan fingerprint density at radius 2 is 1.71 bits per heavy atom. The lowest BCUT2D eigenvalue weighted by atomic mass is 9.93. The number of fused-ring (bicyclic) bond motifs is 1. The van der Waals surface area contributed by atoms with Gasteiger partial charge < -0.3 is 15.5 Å². The average Bonchev–Trinajstić information content (AvgIpc) is 2.95. The molecule has 0 amide bonds. The van der Waals surface area contributed by atoms with E-state index in [-0.39, 0.29) is 29.1 Å². The van der Waals surface area contributed by atoms with Gasteiger partial charge in [0.2, 0.25) is 10.0 Å². The van der Waals surface area contributed by atoms with Crippen LogP contribution in [-0.4, -0.2) is 60.7 Å². The van der Waals surface area contributed by atoms with Crippen LogP contribution in [0.25, 0.3) is 21.9 Å². The highest BCUT2D eigenvalue weighted by molar-refractivity contribution is 7.89. The third-order valence-corrected chi connectivity index (χ3v) is 9.22. The summed E-state index contributed by atoms with van der Waals surface area (Å²) in [7, 11) is -2.61. The molecule has 222 valence electrons. The Kier molecular flexibility index (Phi) is 9.47. The molecule has 1 unspecified atom stereocenters. The molecule has 42 heavy (non-hydrogen) atoms. The van der Waals surface area contributed by atoms with E-state index in [4.69, 9.17) is 0 Å². The molecule has 1 atom stereocenters. The van der Waals surface area contributed by atoms with E-state index in [1.54, 1.807) is 13.0 Å². The third-order valence-electron chi connectivity index (χ3n) is 7.40. The molecule has 0 aliphatic heterocycles. The van der Waals surface area contributed by atoms with Crippen LogP contribution in [-0.2, 0) is 22.9 Å². The molecule has 4 aromatic rings. The van der Waals surface area contributed by atoms with Gasteiger partial charge in [0.25, 0.3) is 0 Å². The van der Waals surface area contributed by atoms with E-state index in [2.05, 4.69) is 35.6 Å². The zero-order valence-electron chi connectivity index (χ0n) is 24.3. The lowest BCUT2D eigenvalue weighted by Gasteiger charge is -2.29. The number of sulfonamides is 1. The lowest BCUT2D eigenvalue weighted by molar-refractivity contribution is 0.0695. The van der Waals surface area contributed by atoms with Crippen molar-refractivity contribution in [1.29, 1.82) is 0 Å². The molecule has 0 fully saturated rings. The van der Waals surface area contributed by atoms with Crippen LogP contribution < -0.4 is 5.32 Å². The molecule has 0 saturated carbocycles. The maximum absolute atomic E-state index is 14.3. The Labute approximate surface area is 246 Å². The van der Waals surface area contributed by atoms with E-state index in [1.165, 1.54) is 36.7 Å². The van der Waals surface area contributed by atoms with Crippen molar-refractivity contribution in [3.8, 4) is 11.1 Å². The molecule has 4 rings (SSSR count). The number of carboxylic acids is 1. The normalized spacial score (nSPS) is 13.0. The number of hydrogen-bond donors (Lipinski definition) is 3. The minimum Gasteiger partial charge on any atom is -0.478 e. The number of hydrogen-bond acceptors (Lipinski definition) is 5. The van der Waals surface area contributed by atoms with Gasteiger partial charge in [-0.3, -0.25) is 0 Å². The minimum absolute atomic E-state index is 0.0394. The van der Waals surface area contributed by atoms with Gasteiger partial charge in [0.15, 0.2) is 0 Å². The molecule has 0 radical (unpaired) electrons. The summed E-state index contributed by atoms with van der Waals surface area (Å²) in [6.07, 6.45) is 0.0660. The van der Waals surface area contributed by atoms with Gasteiger partial charge >= 0.3 is 5.97 Å². The van der Waals surface area contributed by atoms with E-state index in [0.29, 0.717) is 23.1 Å². The number of aromatic carboxylic acids is 1. The summed E-state index contributed by atoms with van der Waals surface area (Å²) in [5, 5.41) is 26.0. The highest BCUT2D eigenvalue weighted by Crippen LogP contribution is 2.31. The second-order valence-corrected chi connectivity index (χ2v) is 13.3. The molecule has 0 saturated heterocycles. The number of aliphatic hydroxyl groups is 1. The first-order valence-corrected chi connectivity index (χ1v) is 15.3. The van der Waals surface area contributed by atoms with Crippen molar-refractivity contribution in [3.63, 3.8) is 0 Å². The fraction of sp³-hybridized carbons (Fsp3) is 0.303. The first-order chi connectivity index (χ1) is 19.8. The predicted octanol–water partition coefficient (Wildman–Crippen LogP) is 5.50. The number of carboxylic acid groups (broad SMARTS) is 1. The zero-order valence-corrected chi connectivity index (χ0v) is 25.1. The van der Waals surface area contributed by atoms with Gasteiger partial charge in [-0.1, -0.05) is 61.5 Å². The molecular formula is C33H37FN2O5S. The Balaban J connectivity index is 1.44. The molecule has 0 heterocycles. The summed E-state index contributed by atoms with van der Waals surface area (Å²) < 4.78 is 42.2. The third kappa shape index (κ3) is 7.22. The number of nitrogens with one attached hydrogen (secondary N) is 1. The van der Waals surface area contributed by atoms with Crippen LogP contribution in [0.2, 0.25) is 0 Å². The van der Waals surface area contributed by atoms with E-state index in [1.807, 2.05) is 26.0 Å². The number of aliphatic hydroxyl groups excluding tert-OH is 1. The SMILES string of the molecule is CCc1c(C(=O)O)cc(F)cc1-c1cccc(S(=O)(=O)N(C)CC(O)CNC(C)(C)Cc2ccc3ccccc3c2)c1. The number of β-amino-alcohol motifs (C(OH)–C–C–N with tert-alkyl or cyclic N) is 1. The van der Waals surface area contributed by atoms with Crippen LogP contribution in [0.4, 0.5) is 4.39 Å². The van der Waals surface area contributed by atoms with Gasteiger partial charge in [0.1, 0.15) is 5.82 Å². The first kappa shape index (κ1) is 31.3. The summed E-state index contributed by atoms with van der Waals surface area (Å²) in [6, 6.07) is 22.7. The van der Waals surface area contributed by atoms with Gasteiger partial charge in [-0.2, -0.15) is 4.31 Å². The molecule has 0 bridgehead atoms. The van der Waals surface area contributed by atoms with Crippen molar-refractivity contribution in [3.05, 3.63) is 101 Å². The van der Waals surface area contributed by atoms with Crippen LogP contribution in [0.15, 0.2) is 83.8 Å². The molecule has 0 spiro atoms. The molecule has 3 N–H and O–H groups in total. The van der Waals surface area contributed by atoms with E-state index in [9.17, 15) is 27.8 Å². The van der Waals surface area contributed by atoms with Gasteiger partial charge in [-0.15, -0.1) is 0 Å². The van der Waals surface area contributed by atoms with Crippen molar-refractivity contribution in [2.45, 2.75) is 50.2 Å². The second kappa shape index (κ2) is 12.7. The van der Waals surface area contributed by atoms with E-state index in [0.717, 1.165) is 27.7 Å². The maximum Gasteiger partial charge on any atom is 0.336 e. The molecule has 0 aromatic heterocycles. The summed E-state index contributed by atoms with van der Waals surface area (Å²) >= 11 is 0. The zero-order chi connectivity index (χ0) is 30.7. The Hall–Kier alpha value is -3.63. The Morgan fingerprint density at radius 3 is 2.40 bits per heavy atom. The molecular weight excluding hydrogens is 555 g/mol.